The summed E-state index contributed by atoms with van der Waals surface area (Å²) < 4.78 is 7.24. The third-order valence-electron chi connectivity index (χ3n) is 3.13. The maximum atomic E-state index is 12.5. The number of carbonyl (C=O) groups is 1. The number of fused-ring (bicyclic) bond motifs is 1. The fraction of sp³-hybridized carbons (Fsp3) is 0.286. The maximum Gasteiger partial charge on any atom is 0.334 e. The quantitative estimate of drug-likeness (QED) is 0.728. The molecule has 2 heterocycles. The summed E-state index contributed by atoms with van der Waals surface area (Å²) in [5.74, 6) is 0.748. The highest BCUT2D eigenvalue weighted by Crippen LogP contribution is 2.34. The molecule has 1 aliphatic heterocycles. The van der Waals surface area contributed by atoms with E-state index in [-0.39, 0.29) is 12.1 Å². The monoisotopic (exact) mass is 257 g/mol. The van der Waals surface area contributed by atoms with Gasteiger partial charge >= 0.3 is 6.03 Å². The molecule has 0 fully saturated rings. The van der Waals surface area contributed by atoms with Gasteiger partial charge in [-0.05, 0) is 31.5 Å². The van der Waals surface area contributed by atoms with E-state index in [1.54, 1.807) is 17.3 Å². The van der Waals surface area contributed by atoms with Crippen LogP contribution >= 0.6 is 0 Å². The summed E-state index contributed by atoms with van der Waals surface area (Å²) in [6, 6.07) is 5.75. The molecule has 1 atom stereocenters. The summed E-state index contributed by atoms with van der Waals surface area (Å²) in [6.45, 7) is 4.49. The minimum absolute atomic E-state index is 0.0253. The highest BCUT2D eigenvalue weighted by molar-refractivity contribution is 5.95. The van der Waals surface area contributed by atoms with Gasteiger partial charge < -0.3 is 4.74 Å². The van der Waals surface area contributed by atoms with Gasteiger partial charge in [-0.2, -0.15) is 0 Å². The number of imidazole rings is 1. The third kappa shape index (κ3) is 2.07. The summed E-state index contributed by atoms with van der Waals surface area (Å²) in [5, 5.41) is 0. The molecule has 1 amide bonds. The Labute approximate surface area is 111 Å². The highest BCUT2D eigenvalue weighted by atomic mass is 16.5. The second kappa shape index (κ2) is 4.42. The van der Waals surface area contributed by atoms with E-state index < -0.39 is 0 Å². The zero-order chi connectivity index (χ0) is 13.4. The Morgan fingerprint density at radius 3 is 3.05 bits per heavy atom. The highest BCUT2D eigenvalue weighted by Gasteiger charge is 2.28. The lowest BCUT2D eigenvalue weighted by Crippen LogP contribution is -2.44. The number of ether oxygens (including phenoxy) is 1. The zero-order valence-corrected chi connectivity index (χ0v) is 10.9. The van der Waals surface area contributed by atoms with Crippen LogP contribution in [0.1, 0.15) is 12.5 Å². The number of aryl methyl sites for hydroxylation is 1. The molecule has 0 unspecified atom stereocenters. The van der Waals surface area contributed by atoms with Crippen LogP contribution in [0.4, 0.5) is 10.5 Å². The van der Waals surface area contributed by atoms with Crippen LogP contribution in [0, 0.1) is 6.92 Å². The second-order valence-corrected chi connectivity index (χ2v) is 4.76. The van der Waals surface area contributed by atoms with Gasteiger partial charge in [-0.3, -0.25) is 9.47 Å². The second-order valence-electron chi connectivity index (χ2n) is 4.76. The van der Waals surface area contributed by atoms with Crippen molar-refractivity contribution in [2.45, 2.75) is 20.0 Å². The standard InChI is InChI=1S/C14H15N3O2/c1-10-3-4-13-12(7-10)17(8-11(2)19-13)14(18)16-6-5-15-9-16/h3-7,9,11H,8H2,1-2H3/t11-/m0/s1. The van der Waals surface area contributed by atoms with Crippen molar-refractivity contribution in [3.63, 3.8) is 0 Å². The van der Waals surface area contributed by atoms with Gasteiger partial charge in [0.15, 0.2) is 0 Å². The normalized spacial score (nSPS) is 17.8. The van der Waals surface area contributed by atoms with Gasteiger partial charge in [0.25, 0.3) is 0 Å². The Bertz CT molecular complexity index is 607. The van der Waals surface area contributed by atoms with Crippen LogP contribution in [0.5, 0.6) is 5.75 Å². The van der Waals surface area contributed by atoms with Crippen LogP contribution in [-0.2, 0) is 0 Å². The first-order valence-electron chi connectivity index (χ1n) is 6.22. The average molecular weight is 257 g/mol. The lowest BCUT2D eigenvalue weighted by Gasteiger charge is -2.33. The van der Waals surface area contributed by atoms with E-state index >= 15 is 0 Å². The summed E-state index contributed by atoms with van der Waals surface area (Å²) in [6.07, 6.45) is 4.73. The van der Waals surface area contributed by atoms with Gasteiger partial charge in [-0.1, -0.05) is 6.07 Å². The molecule has 3 rings (SSSR count). The molecular formula is C14H15N3O2. The fourth-order valence-electron chi connectivity index (χ4n) is 2.24. The molecule has 0 saturated carbocycles. The van der Waals surface area contributed by atoms with Crippen LogP contribution in [0.25, 0.3) is 0 Å². The number of rotatable bonds is 0. The first-order chi connectivity index (χ1) is 9.15. The molecule has 0 bridgehead atoms. The Balaban J connectivity index is 2.03. The molecule has 19 heavy (non-hydrogen) atoms. The maximum absolute atomic E-state index is 12.5. The van der Waals surface area contributed by atoms with Gasteiger partial charge in [-0.25, -0.2) is 9.78 Å². The molecule has 1 aromatic carbocycles. The Morgan fingerprint density at radius 1 is 1.47 bits per heavy atom. The minimum Gasteiger partial charge on any atom is -0.487 e. The van der Waals surface area contributed by atoms with Gasteiger partial charge in [0.05, 0.1) is 12.2 Å². The van der Waals surface area contributed by atoms with Crippen molar-refractivity contribution >= 4 is 11.7 Å². The third-order valence-corrected chi connectivity index (χ3v) is 3.13. The van der Waals surface area contributed by atoms with Gasteiger partial charge in [-0.15, -0.1) is 0 Å². The van der Waals surface area contributed by atoms with Gasteiger partial charge in [0, 0.05) is 12.4 Å². The molecule has 0 radical (unpaired) electrons. The summed E-state index contributed by atoms with van der Waals surface area (Å²) >= 11 is 0. The SMILES string of the molecule is Cc1ccc2c(c1)N(C(=O)n1ccnc1)C[C@H](C)O2. The predicted molar refractivity (Wildman–Crippen MR) is 71.6 cm³/mol. The topological polar surface area (TPSA) is 47.4 Å². The molecule has 98 valence electrons. The number of amides is 1. The molecular weight excluding hydrogens is 242 g/mol. The fourth-order valence-corrected chi connectivity index (χ4v) is 2.24. The van der Waals surface area contributed by atoms with E-state index in [1.807, 2.05) is 32.0 Å². The number of anilines is 1. The molecule has 2 aromatic rings. The van der Waals surface area contributed by atoms with E-state index in [2.05, 4.69) is 4.98 Å². The van der Waals surface area contributed by atoms with Crippen LogP contribution < -0.4 is 9.64 Å². The number of aromatic nitrogens is 2. The minimum atomic E-state index is -0.112. The summed E-state index contributed by atoms with van der Waals surface area (Å²) in [7, 11) is 0. The van der Waals surface area contributed by atoms with Crippen molar-refractivity contribution in [2.75, 3.05) is 11.4 Å². The van der Waals surface area contributed by atoms with E-state index in [4.69, 9.17) is 4.74 Å². The summed E-state index contributed by atoms with van der Waals surface area (Å²) in [5.41, 5.74) is 1.91. The smallest absolute Gasteiger partial charge is 0.334 e. The van der Waals surface area contributed by atoms with Crippen molar-refractivity contribution in [2.24, 2.45) is 0 Å². The van der Waals surface area contributed by atoms with Gasteiger partial charge in [0.1, 0.15) is 18.2 Å². The predicted octanol–water partition coefficient (Wildman–Crippen LogP) is 2.45. The van der Waals surface area contributed by atoms with Crippen molar-refractivity contribution in [3.8, 4) is 5.75 Å². The first-order valence-corrected chi connectivity index (χ1v) is 6.22. The van der Waals surface area contributed by atoms with Crippen molar-refractivity contribution in [1.82, 2.24) is 9.55 Å². The van der Waals surface area contributed by atoms with Crippen LogP contribution in [-0.4, -0.2) is 28.2 Å². The number of nitrogens with zero attached hydrogens (tertiary/aromatic N) is 3. The van der Waals surface area contributed by atoms with E-state index in [1.165, 1.54) is 10.9 Å². The average Bonchev–Trinajstić information content (AvgIpc) is 2.91. The van der Waals surface area contributed by atoms with Crippen LogP contribution in [0.15, 0.2) is 36.9 Å². The van der Waals surface area contributed by atoms with Crippen LogP contribution in [0.2, 0.25) is 0 Å². The number of hydrogen-bond acceptors (Lipinski definition) is 3. The molecule has 0 N–H and O–H groups in total. The summed E-state index contributed by atoms with van der Waals surface area (Å²) in [4.78, 5) is 18.1. The van der Waals surface area contributed by atoms with Crippen molar-refractivity contribution in [1.29, 1.82) is 0 Å². The van der Waals surface area contributed by atoms with Crippen LogP contribution in [0.3, 0.4) is 0 Å². The molecule has 5 heteroatoms. The van der Waals surface area contributed by atoms with Crippen molar-refractivity contribution in [3.05, 3.63) is 42.5 Å². The molecule has 0 saturated heterocycles. The number of benzene rings is 1. The lowest BCUT2D eigenvalue weighted by molar-refractivity contribution is 0.205. The van der Waals surface area contributed by atoms with Crippen molar-refractivity contribution < 1.29 is 9.53 Å². The Morgan fingerprint density at radius 2 is 2.32 bits per heavy atom. The largest absolute Gasteiger partial charge is 0.487 e. The number of hydrogen-bond donors (Lipinski definition) is 0. The van der Waals surface area contributed by atoms with E-state index in [0.717, 1.165) is 17.0 Å². The number of carbonyl (C=O) groups excluding carboxylic acids is 1. The molecule has 1 aliphatic rings. The van der Waals surface area contributed by atoms with E-state index in [9.17, 15) is 4.79 Å². The molecule has 1 aromatic heterocycles. The molecule has 5 nitrogen and oxygen atoms in total. The van der Waals surface area contributed by atoms with Gasteiger partial charge in [0.2, 0.25) is 0 Å². The molecule has 0 spiro atoms. The van der Waals surface area contributed by atoms with E-state index in [0.29, 0.717) is 6.54 Å². The molecule has 0 aliphatic carbocycles. The first kappa shape index (κ1) is 11.8. The Kier molecular flexibility index (Phi) is 2.74. The Hall–Kier alpha value is -2.30. The zero-order valence-electron chi connectivity index (χ0n) is 10.9. The lowest BCUT2D eigenvalue weighted by atomic mass is 10.1.